The van der Waals surface area contributed by atoms with Crippen LogP contribution in [0.1, 0.15) is 18.1 Å². The van der Waals surface area contributed by atoms with Crippen molar-refractivity contribution >= 4 is 17.4 Å². The summed E-state index contributed by atoms with van der Waals surface area (Å²) in [6, 6.07) is 17.6. The molecule has 0 saturated carbocycles. The minimum absolute atomic E-state index is 0.0758. The minimum atomic E-state index is -0.0758. The standard InChI is InChI=1S/C16H15ClN4/c1-12-18-19-16(14-5-3-2-4-6-14)20-21(12)11-13-7-9-15(17)10-8-13/h2-10,12H,11H2,1H3. The third-order valence-electron chi connectivity index (χ3n) is 3.26. The fraction of sp³-hybridized carbons (Fsp3) is 0.188. The second kappa shape index (κ2) is 6.06. The Bertz CT molecular complexity index is 664. The zero-order valence-electron chi connectivity index (χ0n) is 11.6. The first-order valence-corrected chi connectivity index (χ1v) is 7.16. The number of hydrogen-bond donors (Lipinski definition) is 0. The predicted octanol–water partition coefficient (Wildman–Crippen LogP) is 4.32. The van der Waals surface area contributed by atoms with Gasteiger partial charge in [0.15, 0.2) is 6.17 Å². The van der Waals surface area contributed by atoms with Crippen molar-refractivity contribution < 1.29 is 0 Å². The van der Waals surface area contributed by atoms with E-state index in [0.717, 1.165) is 16.1 Å². The molecule has 1 heterocycles. The van der Waals surface area contributed by atoms with Crippen LogP contribution in [0, 0.1) is 0 Å². The SMILES string of the molecule is CC1N=NC(c2ccccc2)=NN1Cc1ccc(Cl)cc1. The maximum atomic E-state index is 5.91. The Kier molecular flexibility index (Phi) is 3.97. The first kappa shape index (κ1) is 13.8. The van der Waals surface area contributed by atoms with E-state index in [1.54, 1.807) is 0 Å². The van der Waals surface area contributed by atoms with Crippen molar-refractivity contribution in [1.29, 1.82) is 0 Å². The molecule has 2 aromatic carbocycles. The lowest BCUT2D eigenvalue weighted by Gasteiger charge is -2.26. The molecular weight excluding hydrogens is 284 g/mol. The molecule has 0 aromatic heterocycles. The fourth-order valence-corrected chi connectivity index (χ4v) is 2.20. The molecular formula is C16H15ClN4. The highest BCUT2D eigenvalue weighted by atomic mass is 35.5. The van der Waals surface area contributed by atoms with Gasteiger partial charge in [-0.15, -0.1) is 5.11 Å². The van der Waals surface area contributed by atoms with Crippen molar-refractivity contribution in [1.82, 2.24) is 5.01 Å². The van der Waals surface area contributed by atoms with Crippen LogP contribution in [0.3, 0.4) is 0 Å². The molecule has 106 valence electrons. The van der Waals surface area contributed by atoms with E-state index in [9.17, 15) is 0 Å². The van der Waals surface area contributed by atoms with Crippen LogP contribution in [-0.4, -0.2) is 17.0 Å². The number of hydrazone groups is 1. The lowest BCUT2D eigenvalue weighted by molar-refractivity contribution is 0.202. The van der Waals surface area contributed by atoms with E-state index in [1.807, 2.05) is 66.5 Å². The van der Waals surface area contributed by atoms with E-state index in [1.165, 1.54) is 0 Å². The van der Waals surface area contributed by atoms with Crippen molar-refractivity contribution in [2.24, 2.45) is 15.3 Å². The van der Waals surface area contributed by atoms with Crippen LogP contribution in [0.15, 0.2) is 69.9 Å². The lowest BCUT2D eigenvalue weighted by Crippen LogP contribution is -2.30. The van der Waals surface area contributed by atoms with Crippen molar-refractivity contribution in [3.05, 3.63) is 70.7 Å². The van der Waals surface area contributed by atoms with Gasteiger partial charge in [0, 0.05) is 10.6 Å². The van der Waals surface area contributed by atoms with E-state index < -0.39 is 0 Å². The number of benzene rings is 2. The van der Waals surface area contributed by atoms with Gasteiger partial charge in [-0.1, -0.05) is 54.1 Å². The molecule has 5 heteroatoms. The van der Waals surface area contributed by atoms with Gasteiger partial charge in [-0.05, 0) is 24.6 Å². The normalized spacial score (nSPS) is 17.7. The Morgan fingerprint density at radius 3 is 2.48 bits per heavy atom. The quantitative estimate of drug-likeness (QED) is 0.832. The van der Waals surface area contributed by atoms with E-state index in [2.05, 4.69) is 15.3 Å². The number of hydrogen-bond acceptors (Lipinski definition) is 4. The first-order chi connectivity index (χ1) is 10.2. The molecule has 1 atom stereocenters. The molecule has 0 radical (unpaired) electrons. The Balaban J connectivity index is 1.82. The van der Waals surface area contributed by atoms with Crippen LogP contribution < -0.4 is 0 Å². The number of azo groups is 1. The molecule has 21 heavy (non-hydrogen) atoms. The third kappa shape index (κ3) is 3.28. The van der Waals surface area contributed by atoms with Crippen LogP contribution in [0.2, 0.25) is 5.02 Å². The smallest absolute Gasteiger partial charge is 0.200 e. The molecule has 0 aliphatic carbocycles. The molecule has 1 aliphatic heterocycles. The molecule has 0 bridgehead atoms. The zero-order chi connectivity index (χ0) is 14.7. The van der Waals surface area contributed by atoms with Crippen LogP contribution >= 0.6 is 11.6 Å². The van der Waals surface area contributed by atoms with Crippen LogP contribution in [-0.2, 0) is 6.54 Å². The Morgan fingerprint density at radius 2 is 1.76 bits per heavy atom. The van der Waals surface area contributed by atoms with Crippen LogP contribution in [0.5, 0.6) is 0 Å². The highest BCUT2D eigenvalue weighted by molar-refractivity contribution is 6.30. The molecule has 0 N–H and O–H groups in total. The van der Waals surface area contributed by atoms with Gasteiger partial charge in [0.2, 0.25) is 5.84 Å². The highest BCUT2D eigenvalue weighted by Crippen LogP contribution is 2.18. The van der Waals surface area contributed by atoms with E-state index >= 15 is 0 Å². The van der Waals surface area contributed by atoms with Crippen LogP contribution in [0.25, 0.3) is 0 Å². The largest absolute Gasteiger partial charge is 0.265 e. The number of amidine groups is 1. The van der Waals surface area contributed by atoms with Crippen LogP contribution in [0.4, 0.5) is 0 Å². The van der Waals surface area contributed by atoms with Gasteiger partial charge in [0.05, 0.1) is 6.54 Å². The Morgan fingerprint density at radius 1 is 1.05 bits per heavy atom. The second-order valence-electron chi connectivity index (χ2n) is 4.86. The predicted molar refractivity (Wildman–Crippen MR) is 84.3 cm³/mol. The molecule has 3 rings (SSSR count). The maximum absolute atomic E-state index is 5.91. The summed E-state index contributed by atoms with van der Waals surface area (Å²) >= 11 is 5.91. The molecule has 0 fully saturated rings. The molecule has 0 amide bonds. The van der Waals surface area contributed by atoms with Gasteiger partial charge in [-0.25, -0.2) is 0 Å². The van der Waals surface area contributed by atoms with Gasteiger partial charge < -0.3 is 0 Å². The van der Waals surface area contributed by atoms with Crippen molar-refractivity contribution in [3.8, 4) is 0 Å². The zero-order valence-corrected chi connectivity index (χ0v) is 12.4. The molecule has 1 aliphatic rings. The average Bonchev–Trinajstić information content (AvgIpc) is 2.52. The number of halogens is 1. The summed E-state index contributed by atoms with van der Waals surface area (Å²) in [7, 11) is 0. The second-order valence-corrected chi connectivity index (χ2v) is 5.30. The topological polar surface area (TPSA) is 40.3 Å². The summed E-state index contributed by atoms with van der Waals surface area (Å²) in [5.74, 6) is 0.641. The molecule has 2 aromatic rings. The molecule has 0 saturated heterocycles. The summed E-state index contributed by atoms with van der Waals surface area (Å²) in [5, 5.41) is 15.7. The lowest BCUT2D eigenvalue weighted by atomic mass is 10.2. The van der Waals surface area contributed by atoms with E-state index in [4.69, 9.17) is 11.6 Å². The van der Waals surface area contributed by atoms with Crippen molar-refractivity contribution in [3.63, 3.8) is 0 Å². The Hall–Kier alpha value is -2.20. The first-order valence-electron chi connectivity index (χ1n) is 6.78. The summed E-state index contributed by atoms with van der Waals surface area (Å²) in [6.45, 7) is 2.65. The van der Waals surface area contributed by atoms with Gasteiger partial charge in [-0.3, -0.25) is 5.01 Å². The van der Waals surface area contributed by atoms with Crippen molar-refractivity contribution in [2.75, 3.05) is 0 Å². The summed E-state index contributed by atoms with van der Waals surface area (Å²) < 4.78 is 0. The number of rotatable bonds is 3. The van der Waals surface area contributed by atoms with Gasteiger partial charge in [0.25, 0.3) is 0 Å². The van der Waals surface area contributed by atoms with E-state index in [-0.39, 0.29) is 6.17 Å². The monoisotopic (exact) mass is 298 g/mol. The Labute approximate surface area is 128 Å². The maximum Gasteiger partial charge on any atom is 0.200 e. The van der Waals surface area contributed by atoms with E-state index in [0.29, 0.717) is 12.4 Å². The highest BCUT2D eigenvalue weighted by Gasteiger charge is 2.18. The fourth-order valence-electron chi connectivity index (χ4n) is 2.07. The molecule has 0 spiro atoms. The minimum Gasteiger partial charge on any atom is -0.265 e. The third-order valence-corrected chi connectivity index (χ3v) is 3.52. The summed E-state index contributed by atoms with van der Waals surface area (Å²) in [4.78, 5) is 0. The van der Waals surface area contributed by atoms with Gasteiger partial charge in [-0.2, -0.15) is 10.2 Å². The molecule has 4 nitrogen and oxygen atoms in total. The van der Waals surface area contributed by atoms with Crippen molar-refractivity contribution in [2.45, 2.75) is 19.6 Å². The van der Waals surface area contributed by atoms with Gasteiger partial charge in [0.1, 0.15) is 0 Å². The molecule has 1 unspecified atom stereocenters. The summed E-state index contributed by atoms with van der Waals surface area (Å²) in [5.41, 5.74) is 2.11. The average molecular weight is 299 g/mol. The summed E-state index contributed by atoms with van der Waals surface area (Å²) in [6.07, 6.45) is -0.0758. The van der Waals surface area contributed by atoms with Gasteiger partial charge >= 0.3 is 0 Å². The number of nitrogens with zero attached hydrogens (tertiary/aromatic N) is 4.